The summed E-state index contributed by atoms with van der Waals surface area (Å²) in [6.45, 7) is 8.12. The number of nitrogens with one attached hydrogen (secondary N) is 1. The molecular weight excluding hydrogens is 242 g/mol. The molecule has 1 amide bonds. The van der Waals surface area contributed by atoms with E-state index in [9.17, 15) is 4.79 Å². The highest BCUT2D eigenvalue weighted by atomic mass is 16.5. The standard InChI is InChI=1S/C14H27N3O2/c1-3-12-9-19-8-7-17(12)10-14(13(15)18,16-4-2)11-5-6-11/h11-12,16H,3-10H2,1-2H3,(H2,15,18). The Labute approximate surface area is 115 Å². The molecule has 1 heterocycles. The molecule has 1 saturated heterocycles. The lowest BCUT2D eigenvalue weighted by atomic mass is 9.90. The van der Waals surface area contributed by atoms with Crippen molar-refractivity contribution >= 4 is 5.91 Å². The van der Waals surface area contributed by atoms with Gasteiger partial charge in [-0.1, -0.05) is 13.8 Å². The minimum absolute atomic E-state index is 0.196. The first-order valence-corrected chi connectivity index (χ1v) is 7.50. The van der Waals surface area contributed by atoms with Crippen LogP contribution >= 0.6 is 0 Å². The Kier molecular flexibility index (Phi) is 4.81. The number of carbonyl (C=O) groups excluding carboxylic acids is 1. The summed E-state index contributed by atoms with van der Waals surface area (Å²) in [5.74, 6) is 0.212. The van der Waals surface area contributed by atoms with Crippen molar-refractivity contribution in [3.05, 3.63) is 0 Å². The van der Waals surface area contributed by atoms with E-state index in [2.05, 4.69) is 17.1 Å². The number of rotatable bonds is 7. The van der Waals surface area contributed by atoms with E-state index >= 15 is 0 Å². The van der Waals surface area contributed by atoms with Gasteiger partial charge in [0.15, 0.2) is 0 Å². The summed E-state index contributed by atoms with van der Waals surface area (Å²) in [6.07, 6.45) is 3.26. The van der Waals surface area contributed by atoms with Crippen LogP contribution in [-0.4, -0.2) is 55.2 Å². The van der Waals surface area contributed by atoms with E-state index in [1.165, 1.54) is 0 Å². The molecule has 2 unspecified atom stereocenters. The maximum atomic E-state index is 12.1. The van der Waals surface area contributed by atoms with Crippen molar-refractivity contribution in [3.8, 4) is 0 Å². The molecule has 2 atom stereocenters. The second-order valence-electron chi connectivity index (χ2n) is 5.75. The Morgan fingerprint density at radius 3 is 2.74 bits per heavy atom. The molecule has 0 radical (unpaired) electrons. The van der Waals surface area contributed by atoms with Crippen LogP contribution in [0.3, 0.4) is 0 Å². The topological polar surface area (TPSA) is 67.6 Å². The van der Waals surface area contributed by atoms with Gasteiger partial charge >= 0.3 is 0 Å². The van der Waals surface area contributed by atoms with Crippen LogP contribution in [0.25, 0.3) is 0 Å². The number of hydrogen-bond acceptors (Lipinski definition) is 4. The van der Waals surface area contributed by atoms with Crippen molar-refractivity contribution in [2.75, 3.05) is 32.8 Å². The number of hydrogen-bond donors (Lipinski definition) is 2. The Bertz CT molecular complexity index is 320. The van der Waals surface area contributed by atoms with E-state index in [0.29, 0.717) is 12.0 Å². The third-order valence-electron chi connectivity index (χ3n) is 4.48. The zero-order chi connectivity index (χ0) is 13.9. The van der Waals surface area contributed by atoms with Crippen LogP contribution in [0.5, 0.6) is 0 Å². The molecule has 0 bridgehead atoms. The van der Waals surface area contributed by atoms with E-state index in [-0.39, 0.29) is 5.91 Å². The lowest BCUT2D eigenvalue weighted by molar-refractivity contribution is -0.127. The minimum atomic E-state index is -0.542. The van der Waals surface area contributed by atoms with E-state index in [4.69, 9.17) is 10.5 Å². The summed E-state index contributed by atoms with van der Waals surface area (Å²) in [5.41, 5.74) is 5.20. The smallest absolute Gasteiger partial charge is 0.239 e. The first-order valence-electron chi connectivity index (χ1n) is 7.50. The van der Waals surface area contributed by atoms with Crippen LogP contribution in [0, 0.1) is 5.92 Å². The highest BCUT2D eigenvalue weighted by Crippen LogP contribution is 2.40. The Hall–Kier alpha value is -0.650. The average molecular weight is 269 g/mol. The molecule has 1 saturated carbocycles. The first kappa shape index (κ1) is 14.8. The molecule has 1 aliphatic carbocycles. The molecule has 0 aromatic heterocycles. The summed E-state index contributed by atoms with van der Waals surface area (Å²) >= 11 is 0. The van der Waals surface area contributed by atoms with Crippen LogP contribution in [0.4, 0.5) is 0 Å². The summed E-state index contributed by atoms with van der Waals surface area (Å²) in [5, 5.41) is 3.39. The molecule has 2 fully saturated rings. The molecule has 0 aromatic carbocycles. The number of primary amides is 1. The van der Waals surface area contributed by atoms with Gasteiger partial charge in [0, 0.05) is 19.1 Å². The van der Waals surface area contributed by atoms with Gasteiger partial charge in [-0.05, 0) is 31.7 Å². The number of nitrogens with zero attached hydrogens (tertiary/aromatic N) is 1. The average Bonchev–Trinajstić information content (AvgIpc) is 3.23. The van der Waals surface area contributed by atoms with Gasteiger partial charge in [-0.3, -0.25) is 9.69 Å². The molecule has 5 nitrogen and oxygen atoms in total. The first-order chi connectivity index (χ1) is 9.14. The van der Waals surface area contributed by atoms with Gasteiger partial charge < -0.3 is 15.8 Å². The van der Waals surface area contributed by atoms with Crippen molar-refractivity contribution in [3.63, 3.8) is 0 Å². The normalized spacial score (nSPS) is 28.0. The largest absolute Gasteiger partial charge is 0.378 e. The van der Waals surface area contributed by atoms with E-state index in [1.54, 1.807) is 0 Å². The number of morpholine rings is 1. The lowest BCUT2D eigenvalue weighted by Gasteiger charge is -2.42. The van der Waals surface area contributed by atoms with Gasteiger partial charge in [0.05, 0.1) is 13.2 Å². The second kappa shape index (κ2) is 6.20. The summed E-state index contributed by atoms with van der Waals surface area (Å²) < 4.78 is 5.54. The van der Waals surface area contributed by atoms with E-state index < -0.39 is 5.54 Å². The van der Waals surface area contributed by atoms with Crippen molar-refractivity contribution < 1.29 is 9.53 Å². The van der Waals surface area contributed by atoms with Gasteiger partial charge in [-0.25, -0.2) is 0 Å². The number of nitrogens with two attached hydrogens (primary N) is 1. The van der Waals surface area contributed by atoms with Gasteiger partial charge in [0.1, 0.15) is 5.54 Å². The second-order valence-corrected chi connectivity index (χ2v) is 5.75. The SMILES string of the molecule is CCNC(CN1CCOCC1CC)(C(N)=O)C1CC1. The van der Waals surface area contributed by atoms with Crippen molar-refractivity contribution in [2.45, 2.75) is 44.7 Å². The molecule has 0 spiro atoms. The van der Waals surface area contributed by atoms with Crippen LogP contribution in [0.2, 0.25) is 0 Å². The van der Waals surface area contributed by atoms with Gasteiger partial charge in [0.2, 0.25) is 5.91 Å². The quantitative estimate of drug-likeness (QED) is 0.699. The third kappa shape index (κ3) is 3.09. The molecule has 3 N–H and O–H groups in total. The highest BCUT2D eigenvalue weighted by Gasteiger charge is 2.50. The fraction of sp³-hybridized carbons (Fsp3) is 0.929. The molecule has 0 aromatic rings. The van der Waals surface area contributed by atoms with E-state index in [0.717, 1.165) is 52.1 Å². The Morgan fingerprint density at radius 1 is 1.47 bits per heavy atom. The molecular formula is C14H27N3O2. The molecule has 1 aliphatic heterocycles. The minimum Gasteiger partial charge on any atom is -0.378 e. The third-order valence-corrected chi connectivity index (χ3v) is 4.48. The molecule has 2 rings (SSSR count). The van der Waals surface area contributed by atoms with Crippen molar-refractivity contribution in [2.24, 2.45) is 11.7 Å². The summed E-state index contributed by atoms with van der Waals surface area (Å²) in [7, 11) is 0. The fourth-order valence-electron chi connectivity index (χ4n) is 3.18. The predicted molar refractivity (Wildman–Crippen MR) is 74.8 cm³/mol. The maximum absolute atomic E-state index is 12.1. The van der Waals surface area contributed by atoms with Crippen LogP contribution in [-0.2, 0) is 9.53 Å². The zero-order valence-electron chi connectivity index (χ0n) is 12.2. The van der Waals surface area contributed by atoms with Crippen LogP contribution in [0.1, 0.15) is 33.1 Å². The number of likely N-dealkylation sites (N-methyl/N-ethyl adjacent to an activating group) is 1. The maximum Gasteiger partial charge on any atom is 0.239 e. The monoisotopic (exact) mass is 269 g/mol. The molecule has 110 valence electrons. The number of amides is 1. The Morgan fingerprint density at radius 2 is 2.21 bits per heavy atom. The van der Waals surface area contributed by atoms with Crippen LogP contribution < -0.4 is 11.1 Å². The van der Waals surface area contributed by atoms with Gasteiger partial charge in [0.25, 0.3) is 0 Å². The Balaban J connectivity index is 2.11. The highest BCUT2D eigenvalue weighted by molar-refractivity contribution is 5.86. The molecule has 5 heteroatoms. The zero-order valence-corrected chi connectivity index (χ0v) is 12.2. The van der Waals surface area contributed by atoms with Gasteiger partial charge in [-0.2, -0.15) is 0 Å². The van der Waals surface area contributed by atoms with Crippen molar-refractivity contribution in [1.82, 2.24) is 10.2 Å². The molecule has 19 heavy (non-hydrogen) atoms. The number of carbonyl (C=O) groups is 1. The predicted octanol–water partition coefficient (Wildman–Crippen LogP) is 0.341. The van der Waals surface area contributed by atoms with Crippen molar-refractivity contribution in [1.29, 1.82) is 0 Å². The van der Waals surface area contributed by atoms with Gasteiger partial charge in [-0.15, -0.1) is 0 Å². The summed E-state index contributed by atoms with van der Waals surface area (Å²) in [4.78, 5) is 14.4. The summed E-state index contributed by atoms with van der Waals surface area (Å²) in [6, 6.07) is 0.407. The number of ether oxygens (including phenoxy) is 1. The molecule has 2 aliphatic rings. The van der Waals surface area contributed by atoms with Crippen LogP contribution in [0.15, 0.2) is 0 Å². The van der Waals surface area contributed by atoms with E-state index in [1.807, 2.05) is 6.92 Å². The lowest BCUT2D eigenvalue weighted by Crippen LogP contribution is -2.65. The fourth-order valence-corrected chi connectivity index (χ4v) is 3.18.